The van der Waals surface area contributed by atoms with Gasteiger partial charge in [-0.3, -0.25) is 4.79 Å². The summed E-state index contributed by atoms with van der Waals surface area (Å²) in [5, 5.41) is 11.2. The zero-order chi connectivity index (χ0) is 12.6. The standard InChI is InChI=1S/C10H21N3O3/c1-8(16-3)4-5-10(14)13(2)7-6-9(11)12-15/h8,15H,4-7H2,1-3H3,(H2,11,12). The number of oxime groups is 1. The fraction of sp³-hybridized carbons (Fsp3) is 0.800. The Labute approximate surface area is 96.0 Å². The highest BCUT2D eigenvalue weighted by molar-refractivity contribution is 5.81. The van der Waals surface area contributed by atoms with Gasteiger partial charge in [0.25, 0.3) is 0 Å². The number of nitrogens with two attached hydrogens (primary N) is 1. The minimum absolute atomic E-state index is 0.0367. The SMILES string of the molecule is COC(C)CCC(=O)N(C)CCC(N)=NO. The molecule has 0 bridgehead atoms. The Balaban J connectivity index is 3.82. The second kappa shape index (κ2) is 7.92. The van der Waals surface area contributed by atoms with Crippen LogP contribution in [0.15, 0.2) is 5.16 Å². The molecule has 0 fully saturated rings. The van der Waals surface area contributed by atoms with E-state index in [0.717, 1.165) is 0 Å². The van der Waals surface area contributed by atoms with E-state index in [9.17, 15) is 4.79 Å². The van der Waals surface area contributed by atoms with Gasteiger partial charge in [0.1, 0.15) is 5.84 Å². The summed E-state index contributed by atoms with van der Waals surface area (Å²) in [4.78, 5) is 13.2. The molecule has 1 unspecified atom stereocenters. The smallest absolute Gasteiger partial charge is 0.222 e. The first-order chi connectivity index (χ1) is 7.51. The van der Waals surface area contributed by atoms with Gasteiger partial charge in [0.05, 0.1) is 6.10 Å². The van der Waals surface area contributed by atoms with Crippen molar-refractivity contribution in [2.75, 3.05) is 20.7 Å². The van der Waals surface area contributed by atoms with E-state index in [0.29, 0.717) is 25.8 Å². The minimum Gasteiger partial charge on any atom is -0.409 e. The van der Waals surface area contributed by atoms with Crippen LogP contribution in [0.4, 0.5) is 0 Å². The Hall–Kier alpha value is -1.30. The molecule has 1 atom stereocenters. The number of ether oxygens (including phenoxy) is 1. The van der Waals surface area contributed by atoms with E-state index in [4.69, 9.17) is 15.7 Å². The molecule has 94 valence electrons. The Morgan fingerprint density at radius 2 is 2.19 bits per heavy atom. The quantitative estimate of drug-likeness (QED) is 0.287. The third-order valence-electron chi connectivity index (χ3n) is 2.42. The van der Waals surface area contributed by atoms with Crippen molar-refractivity contribution in [2.45, 2.75) is 32.3 Å². The largest absolute Gasteiger partial charge is 0.409 e. The molecule has 0 saturated carbocycles. The Bertz CT molecular complexity index is 243. The van der Waals surface area contributed by atoms with Crippen LogP contribution in [0.3, 0.4) is 0 Å². The molecule has 16 heavy (non-hydrogen) atoms. The summed E-state index contributed by atoms with van der Waals surface area (Å²) in [5.74, 6) is 0.166. The minimum atomic E-state index is 0.0367. The van der Waals surface area contributed by atoms with Gasteiger partial charge in [-0.1, -0.05) is 5.16 Å². The predicted octanol–water partition coefficient (Wildman–Crippen LogP) is 0.396. The highest BCUT2D eigenvalue weighted by Crippen LogP contribution is 2.03. The van der Waals surface area contributed by atoms with Gasteiger partial charge in [-0.05, 0) is 13.3 Å². The molecule has 0 aliphatic rings. The Morgan fingerprint density at radius 1 is 1.56 bits per heavy atom. The number of carbonyl (C=O) groups excluding carboxylic acids is 1. The van der Waals surface area contributed by atoms with Crippen LogP contribution in [0.2, 0.25) is 0 Å². The van der Waals surface area contributed by atoms with Crippen LogP contribution < -0.4 is 5.73 Å². The maximum atomic E-state index is 11.6. The lowest BCUT2D eigenvalue weighted by Crippen LogP contribution is -2.31. The van der Waals surface area contributed by atoms with E-state index >= 15 is 0 Å². The third-order valence-corrected chi connectivity index (χ3v) is 2.42. The number of amidine groups is 1. The van der Waals surface area contributed by atoms with Crippen molar-refractivity contribution in [1.29, 1.82) is 0 Å². The van der Waals surface area contributed by atoms with E-state index in [1.807, 2.05) is 6.92 Å². The van der Waals surface area contributed by atoms with Gasteiger partial charge >= 0.3 is 0 Å². The summed E-state index contributed by atoms with van der Waals surface area (Å²) in [6.45, 7) is 2.37. The van der Waals surface area contributed by atoms with E-state index in [1.54, 1.807) is 19.1 Å². The first-order valence-electron chi connectivity index (χ1n) is 5.24. The molecule has 0 aliphatic heterocycles. The molecule has 0 heterocycles. The molecule has 1 amide bonds. The average molecular weight is 231 g/mol. The van der Waals surface area contributed by atoms with E-state index in [1.165, 1.54) is 0 Å². The number of nitrogens with zero attached hydrogens (tertiary/aromatic N) is 2. The predicted molar refractivity (Wildman–Crippen MR) is 61.4 cm³/mol. The summed E-state index contributed by atoms with van der Waals surface area (Å²) in [5.41, 5.74) is 5.31. The van der Waals surface area contributed by atoms with E-state index in [-0.39, 0.29) is 17.8 Å². The van der Waals surface area contributed by atoms with Crippen molar-refractivity contribution >= 4 is 11.7 Å². The molecule has 0 aromatic rings. The monoisotopic (exact) mass is 231 g/mol. The number of carbonyl (C=O) groups is 1. The van der Waals surface area contributed by atoms with Gasteiger partial charge in [-0.25, -0.2) is 0 Å². The van der Waals surface area contributed by atoms with Crippen molar-refractivity contribution in [3.05, 3.63) is 0 Å². The number of rotatable bonds is 7. The van der Waals surface area contributed by atoms with Crippen LogP contribution in [0, 0.1) is 0 Å². The van der Waals surface area contributed by atoms with Gasteiger partial charge in [-0.15, -0.1) is 0 Å². The number of amides is 1. The van der Waals surface area contributed by atoms with Crippen molar-refractivity contribution in [3.63, 3.8) is 0 Å². The molecule has 0 rings (SSSR count). The fourth-order valence-corrected chi connectivity index (χ4v) is 1.09. The molecule has 0 aliphatic carbocycles. The van der Waals surface area contributed by atoms with E-state index in [2.05, 4.69) is 5.16 Å². The van der Waals surface area contributed by atoms with Gasteiger partial charge < -0.3 is 20.6 Å². The molecular weight excluding hydrogens is 210 g/mol. The summed E-state index contributed by atoms with van der Waals surface area (Å²) >= 11 is 0. The van der Waals surface area contributed by atoms with E-state index < -0.39 is 0 Å². The first kappa shape index (κ1) is 14.7. The number of hydrogen-bond donors (Lipinski definition) is 2. The second-order valence-electron chi connectivity index (χ2n) is 3.74. The third kappa shape index (κ3) is 6.23. The molecular formula is C10H21N3O3. The molecule has 0 spiro atoms. The van der Waals surface area contributed by atoms with Crippen molar-refractivity contribution < 1.29 is 14.7 Å². The van der Waals surface area contributed by atoms with Crippen LogP contribution >= 0.6 is 0 Å². The van der Waals surface area contributed by atoms with Crippen LogP contribution in [-0.4, -0.2) is 48.7 Å². The molecule has 6 heteroatoms. The summed E-state index contributed by atoms with van der Waals surface area (Å²) < 4.78 is 5.05. The molecule has 3 N–H and O–H groups in total. The van der Waals surface area contributed by atoms with Crippen molar-refractivity contribution in [1.82, 2.24) is 4.90 Å². The van der Waals surface area contributed by atoms with Crippen LogP contribution in [-0.2, 0) is 9.53 Å². The van der Waals surface area contributed by atoms with Gasteiger partial charge in [0.15, 0.2) is 0 Å². The Kier molecular flexibility index (Phi) is 7.28. The summed E-state index contributed by atoms with van der Waals surface area (Å²) in [6.07, 6.45) is 1.60. The maximum Gasteiger partial charge on any atom is 0.222 e. The number of hydrogen-bond acceptors (Lipinski definition) is 4. The van der Waals surface area contributed by atoms with Crippen LogP contribution in [0.5, 0.6) is 0 Å². The van der Waals surface area contributed by atoms with Crippen LogP contribution in [0.1, 0.15) is 26.2 Å². The zero-order valence-electron chi connectivity index (χ0n) is 10.1. The lowest BCUT2D eigenvalue weighted by molar-refractivity contribution is -0.130. The highest BCUT2D eigenvalue weighted by Gasteiger charge is 2.10. The number of methoxy groups -OCH3 is 1. The maximum absolute atomic E-state index is 11.6. The summed E-state index contributed by atoms with van der Waals surface area (Å²) in [6, 6.07) is 0. The van der Waals surface area contributed by atoms with Gasteiger partial charge in [0.2, 0.25) is 5.91 Å². The topological polar surface area (TPSA) is 88.2 Å². The lowest BCUT2D eigenvalue weighted by atomic mass is 10.2. The summed E-state index contributed by atoms with van der Waals surface area (Å²) in [7, 11) is 3.32. The molecule has 0 radical (unpaired) electrons. The molecule has 0 aromatic heterocycles. The van der Waals surface area contributed by atoms with Crippen LogP contribution in [0.25, 0.3) is 0 Å². The second-order valence-corrected chi connectivity index (χ2v) is 3.74. The van der Waals surface area contributed by atoms with Crippen molar-refractivity contribution in [3.8, 4) is 0 Å². The fourth-order valence-electron chi connectivity index (χ4n) is 1.09. The highest BCUT2D eigenvalue weighted by atomic mass is 16.5. The normalized spacial score (nSPS) is 13.6. The zero-order valence-corrected chi connectivity index (χ0v) is 10.1. The molecule has 6 nitrogen and oxygen atoms in total. The average Bonchev–Trinajstić information content (AvgIpc) is 2.31. The molecule has 0 saturated heterocycles. The van der Waals surface area contributed by atoms with Gasteiger partial charge in [0, 0.05) is 33.5 Å². The first-order valence-corrected chi connectivity index (χ1v) is 5.24. The Morgan fingerprint density at radius 3 is 2.69 bits per heavy atom. The molecule has 0 aromatic carbocycles. The van der Waals surface area contributed by atoms with Gasteiger partial charge in [-0.2, -0.15) is 0 Å². The van der Waals surface area contributed by atoms with Crippen molar-refractivity contribution in [2.24, 2.45) is 10.9 Å². The lowest BCUT2D eigenvalue weighted by Gasteiger charge is -2.17.